The van der Waals surface area contributed by atoms with E-state index in [2.05, 4.69) is 27.3 Å². The van der Waals surface area contributed by atoms with Crippen LogP contribution in [-0.2, 0) is 0 Å². The van der Waals surface area contributed by atoms with Crippen LogP contribution in [0.1, 0.15) is 22.1 Å². The summed E-state index contributed by atoms with van der Waals surface area (Å²) in [7, 11) is 3.98. The molecule has 21 heavy (non-hydrogen) atoms. The number of hydrogen-bond donors (Lipinski definition) is 1. The van der Waals surface area contributed by atoms with Gasteiger partial charge in [0.1, 0.15) is 5.69 Å². The molecule has 0 aliphatic carbocycles. The number of carbonyl (C=O) groups excluding carboxylic acids is 1. The van der Waals surface area contributed by atoms with Crippen LogP contribution in [0.15, 0.2) is 48.7 Å². The fourth-order valence-electron chi connectivity index (χ4n) is 2.08. The van der Waals surface area contributed by atoms with E-state index in [0.717, 1.165) is 5.56 Å². The Bertz CT molecular complexity index is 601. The van der Waals surface area contributed by atoms with Gasteiger partial charge in [0.15, 0.2) is 0 Å². The zero-order chi connectivity index (χ0) is 15.2. The van der Waals surface area contributed by atoms with E-state index in [4.69, 9.17) is 11.6 Å². The molecule has 0 fully saturated rings. The number of nitrogens with zero attached hydrogens (tertiary/aromatic N) is 2. The molecule has 0 saturated heterocycles. The van der Waals surface area contributed by atoms with Gasteiger partial charge in [-0.1, -0.05) is 41.9 Å². The van der Waals surface area contributed by atoms with Crippen molar-refractivity contribution in [3.63, 3.8) is 0 Å². The topological polar surface area (TPSA) is 45.2 Å². The lowest BCUT2D eigenvalue weighted by molar-refractivity contribution is 0.0937. The van der Waals surface area contributed by atoms with Gasteiger partial charge < -0.3 is 10.2 Å². The van der Waals surface area contributed by atoms with E-state index in [1.165, 1.54) is 6.20 Å². The third-order valence-corrected chi connectivity index (χ3v) is 3.45. The molecule has 0 saturated carbocycles. The predicted molar refractivity (Wildman–Crippen MR) is 84.5 cm³/mol. The van der Waals surface area contributed by atoms with E-state index in [1.807, 2.05) is 32.3 Å². The van der Waals surface area contributed by atoms with Gasteiger partial charge in [0.25, 0.3) is 5.91 Å². The lowest BCUT2D eigenvalue weighted by Crippen LogP contribution is -2.34. The second-order valence-electron chi connectivity index (χ2n) is 4.96. The molecule has 4 nitrogen and oxygen atoms in total. The zero-order valence-electron chi connectivity index (χ0n) is 12.1. The second-order valence-corrected chi connectivity index (χ2v) is 5.40. The summed E-state index contributed by atoms with van der Waals surface area (Å²) < 4.78 is 0. The van der Waals surface area contributed by atoms with Crippen molar-refractivity contribution in [1.29, 1.82) is 0 Å². The third kappa shape index (κ3) is 4.28. The number of halogens is 1. The molecule has 1 heterocycles. The average molecular weight is 304 g/mol. The predicted octanol–water partition coefficient (Wildman–Crippen LogP) is 2.77. The zero-order valence-corrected chi connectivity index (χ0v) is 12.8. The highest BCUT2D eigenvalue weighted by Crippen LogP contribution is 2.17. The van der Waals surface area contributed by atoms with Crippen LogP contribution in [-0.4, -0.2) is 36.4 Å². The van der Waals surface area contributed by atoms with E-state index < -0.39 is 0 Å². The van der Waals surface area contributed by atoms with Crippen LogP contribution >= 0.6 is 11.6 Å². The molecule has 0 bridgehead atoms. The van der Waals surface area contributed by atoms with Crippen molar-refractivity contribution in [3.05, 3.63) is 64.9 Å². The summed E-state index contributed by atoms with van der Waals surface area (Å²) in [6.45, 7) is 0.504. The highest BCUT2D eigenvalue weighted by molar-refractivity contribution is 6.30. The molecule has 1 aromatic carbocycles. The van der Waals surface area contributed by atoms with Crippen LogP contribution in [0.2, 0.25) is 5.02 Å². The number of benzene rings is 1. The maximum Gasteiger partial charge on any atom is 0.269 e. The molecule has 5 heteroatoms. The van der Waals surface area contributed by atoms with Crippen LogP contribution in [0.5, 0.6) is 0 Å². The summed E-state index contributed by atoms with van der Waals surface area (Å²) in [6.07, 6.45) is 1.53. The number of nitrogens with one attached hydrogen (secondary N) is 1. The summed E-state index contributed by atoms with van der Waals surface area (Å²) in [6, 6.07) is 13.4. The largest absolute Gasteiger partial charge is 0.349 e. The van der Waals surface area contributed by atoms with Crippen molar-refractivity contribution >= 4 is 17.5 Å². The van der Waals surface area contributed by atoms with E-state index in [1.54, 1.807) is 12.1 Å². The smallest absolute Gasteiger partial charge is 0.269 e. The number of aromatic nitrogens is 1. The Morgan fingerprint density at radius 2 is 2.00 bits per heavy atom. The molecule has 1 aromatic heterocycles. The maximum atomic E-state index is 12.1. The van der Waals surface area contributed by atoms with Crippen LogP contribution < -0.4 is 5.32 Å². The summed E-state index contributed by atoms with van der Waals surface area (Å²) in [5, 5.41) is 3.41. The van der Waals surface area contributed by atoms with Crippen molar-refractivity contribution in [2.75, 3.05) is 20.6 Å². The number of likely N-dealkylation sites (N-methyl/N-ethyl adjacent to an activating group) is 1. The monoisotopic (exact) mass is 303 g/mol. The number of pyridine rings is 1. The van der Waals surface area contributed by atoms with Crippen LogP contribution in [0.25, 0.3) is 0 Å². The summed E-state index contributed by atoms with van der Waals surface area (Å²) >= 11 is 5.87. The normalized spacial score (nSPS) is 12.2. The van der Waals surface area contributed by atoms with Crippen LogP contribution in [0, 0.1) is 0 Å². The Labute approximate surface area is 129 Å². The molecule has 2 rings (SSSR count). The third-order valence-electron chi connectivity index (χ3n) is 3.22. The summed E-state index contributed by atoms with van der Waals surface area (Å²) in [5.41, 5.74) is 1.48. The van der Waals surface area contributed by atoms with Crippen molar-refractivity contribution in [3.8, 4) is 0 Å². The molecule has 0 spiro atoms. The Morgan fingerprint density at radius 3 is 2.62 bits per heavy atom. The molecule has 1 unspecified atom stereocenters. The number of rotatable bonds is 5. The molecule has 0 aliphatic rings. The first-order valence-corrected chi connectivity index (χ1v) is 7.07. The maximum absolute atomic E-state index is 12.1. The molecule has 0 aliphatic heterocycles. The number of hydrogen-bond acceptors (Lipinski definition) is 3. The van der Waals surface area contributed by atoms with Crippen molar-refractivity contribution < 1.29 is 4.79 Å². The van der Waals surface area contributed by atoms with Gasteiger partial charge >= 0.3 is 0 Å². The van der Waals surface area contributed by atoms with E-state index in [-0.39, 0.29) is 11.9 Å². The Morgan fingerprint density at radius 1 is 1.29 bits per heavy atom. The first-order valence-electron chi connectivity index (χ1n) is 6.69. The summed E-state index contributed by atoms with van der Waals surface area (Å²) in [4.78, 5) is 18.2. The standard InChI is InChI=1S/C16H18ClN3O/c1-20(2)15(12-6-4-3-5-7-12)11-19-16(21)14-10-13(17)8-9-18-14/h3-10,15H,11H2,1-2H3,(H,19,21). The molecule has 110 valence electrons. The van der Waals surface area contributed by atoms with Gasteiger partial charge in [-0.25, -0.2) is 0 Å². The van der Waals surface area contributed by atoms with Gasteiger partial charge in [0.2, 0.25) is 0 Å². The minimum absolute atomic E-state index is 0.106. The lowest BCUT2D eigenvalue weighted by atomic mass is 10.1. The number of amides is 1. The quantitative estimate of drug-likeness (QED) is 0.924. The highest BCUT2D eigenvalue weighted by Gasteiger charge is 2.16. The van der Waals surface area contributed by atoms with Gasteiger partial charge in [-0.05, 0) is 31.8 Å². The number of carbonyl (C=O) groups is 1. The molecule has 2 aromatic rings. The van der Waals surface area contributed by atoms with E-state index in [9.17, 15) is 4.79 Å². The van der Waals surface area contributed by atoms with Crippen LogP contribution in [0.3, 0.4) is 0 Å². The van der Waals surface area contributed by atoms with E-state index in [0.29, 0.717) is 17.3 Å². The van der Waals surface area contributed by atoms with Crippen molar-refractivity contribution in [1.82, 2.24) is 15.2 Å². The van der Waals surface area contributed by atoms with Gasteiger partial charge in [-0.3, -0.25) is 9.78 Å². The fourth-order valence-corrected chi connectivity index (χ4v) is 2.24. The molecule has 1 N–H and O–H groups in total. The molecule has 1 atom stereocenters. The first kappa shape index (κ1) is 15.5. The Kier molecular flexibility index (Phi) is 5.31. The van der Waals surface area contributed by atoms with Crippen molar-refractivity contribution in [2.45, 2.75) is 6.04 Å². The highest BCUT2D eigenvalue weighted by atomic mass is 35.5. The van der Waals surface area contributed by atoms with Gasteiger partial charge in [-0.15, -0.1) is 0 Å². The first-order chi connectivity index (χ1) is 10.1. The van der Waals surface area contributed by atoms with Gasteiger partial charge in [0, 0.05) is 17.8 Å². The van der Waals surface area contributed by atoms with Crippen LogP contribution in [0.4, 0.5) is 0 Å². The Balaban J connectivity index is 2.04. The molecule has 1 amide bonds. The second kappa shape index (κ2) is 7.20. The molecular formula is C16H18ClN3O. The average Bonchev–Trinajstić information content (AvgIpc) is 2.48. The minimum atomic E-state index is -0.222. The SMILES string of the molecule is CN(C)C(CNC(=O)c1cc(Cl)ccn1)c1ccccc1. The molecular weight excluding hydrogens is 286 g/mol. The van der Waals surface area contributed by atoms with E-state index >= 15 is 0 Å². The van der Waals surface area contributed by atoms with Crippen molar-refractivity contribution in [2.24, 2.45) is 0 Å². The lowest BCUT2D eigenvalue weighted by Gasteiger charge is -2.25. The molecule has 0 radical (unpaired) electrons. The van der Waals surface area contributed by atoms with Gasteiger partial charge in [0.05, 0.1) is 6.04 Å². The fraction of sp³-hybridized carbons (Fsp3) is 0.250. The van der Waals surface area contributed by atoms with Gasteiger partial charge in [-0.2, -0.15) is 0 Å². The Hall–Kier alpha value is -1.91. The summed E-state index contributed by atoms with van der Waals surface area (Å²) in [5.74, 6) is -0.222. The minimum Gasteiger partial charge on any atom is -0.349 e.